The maximum atomic E-state index is 10.1. The molecule has 5 nitrogen and oxygen atoms in total. The molecule has 0 aromatic carbocycles. The van der Waals surface area contributed by atoms with Crippen molar-refractivity contribution in [3.63, 3.8) is 0 Å². The highest BCUT2D eigenvalue weighted by Crippen LogP contribution is 2.16. The van der Waals surface area contributed by atoms with Gasteiger partial charge in [-0.3, -0.25) is 10.1 Å². The molecule has 0 bridgehead atoms. The molecule has 0 aliphatic heterocycles. The highest BCUT2D eigenvalue weighted by Gasteiger charge is 2.17. The molecule has 0 saturated heterocycles. The Hall–Kier alpha value is -1.36. The van der Waals surface area contributed by atoms with Gasteiger partial charge in [-0.05, 0) is 12.1 Å². The number of nitrogens with zero attached hydrogens (tertiary/aromatic N) is 1. The van der Waals surface area contributed by atoms with Crippen molar-refractivity contribution in [1.82, 2.24) is 0 Å². The van der Waals surface area contributed by atoms with E-state index in [9.17, 15) is 15.2 Å². The SMILES string of the molecule is CCc1ccc(C(O)C[N+](=O)[O-])o1. The third-order valence-electron chi connectivity index (χ3n) is 1.68. The van der Waals surface area contributed by atoms with Crippen LogP contribution in [0.25, 0.3) is 0 Å². The normalized spacial score (nSPS) is 12.8. The molecule has 1 atom stereocenters. The van der Waals surface area contributed by atoms with E-state index in [0.717, 1.165) is 5.76 Å². The van der Waals surface area contributed by atoms with Gasteiger partial charge in [-0.1, -0.05) is 6.92 Å². The average Bonchev–Trinajstić information content (AvgIpc) is 2.50. The lowest BCUT2D eigenvalue weighted by Gasteiger charge is -2.00. The van der Waals surface area contributed by atoms with Crippen LogP contribution in [-0.2, 0) is 6.42 Å². The summed E-state index contributed by atoms with van der Waals surface area (Å²) >= 11 is 0. The van der Waals surface area contributed by atoms with Crippen molar-refractivity contribution in [2.24, 2.45) is 0 Å². The Balaban J connectivity index is 2.65. The smallest absolute Gasteiger partial charge is 0.236 e. The van der Waals surface area contributed by atoms with Crippen LogP contribution < -0.4 is 0 Å². The zero-order chi connectivity index (χ0) is 9.84. The summed E-state index contributed by atoms with van der Waals surface area (Å²) in [5.74, 6) is 0.978. The molecular formula is C8H11NO4. The van der Waals surface area contributed by atoms with E-state index in [-0.39, 0.29) is 5.76 Å². The van der Waals surface area contributed by atoms with Gasteiger partial charge in [0.15, 0.2) is 6.10 Å². The standard InChI is InChI=1S/C8H11NO4/c1-2-6-3-4-8(13-6)7(10)5-9(11)12/h3-4,7,10H,2,5H2,1H3. The van der Waals surface area contributed by atoms with Gasteiger partial charge in [0, 0.05) is 11.3 Å². The molecule has 72 valence electrons. The fraction of sp³-hybridized carbons (Fsp3) is 0.500. The first-order chi connectivity index (χ1) is 6.13. The van der Waals surface area contributed by atoms with E-state index >= 15 is 0 Å². The number of nitro groups is 1. The van der Waals surface area contributed by atoms with Gasteiger partial charge in [-0.2, -0.15) is 0 Å². The minimum Gasteiger partial charge on any atom is -0.463 e. The summed E-state index contributed by atoms with van der Waals surface area (Å²) in [5.41, 5.74) is 0. The third kappa shape index (κ3) is 2.55. The van der Waals surface area contributed by atoms with Crippen LogP contribution in [0.1, 0.15) is 24.5 Å². The van der Waals surface area contributed by atoms with Crippen molar-refractivity contribution >= 4 is 0 Å². The summed E-state index contributed by atoms with van der Waals surface area (Å²) < 4.78 is 5.14. The van der Waals surface area contributed by atoms with Gasteiger partial charge in [0.2, 0.25) is 6.54 Å². The van der Waals surface area contributed by atoms with E-state index in [4.69, 9.17) is 4.42 Å². The fourth-order valence-electron chi connectivity index (χ4n) is 0.995. The minimum atomic E-state index is -1.14. The lowest BCUT2D eigenvalue weighted by Crippen LogP contribution is -2.10. The quantitative estimate of drug-likeness (QED) is 0.563. The topological polar surface area (TPSA) is 76.5 Å². The van der Waals surface area contributed by atoms with Crippen molar-refractivity contribution in [3.8, 4) is 0 Å². The lowest BCUT2D eigenvalue weighted by atomic mass is 10.3. The Bertz CT molecular complexity index is 294. The Morgan fingerprint density at radius 1 is 1.69 bits per heavy atom. The zero-order valence-electron chi connectivity index (χ0n) is 7.27. The molecule has 5 heteroatoms. The molecule has 1 N–H and O–H groups in total. The predicted octanol–water partition coefficient (Wildman–Crippen LogP) is 1.15. The van der Waals surface area contributed by atoms with Crippen LogP contribution in [0.5, 0.6) is 0 Å². The van der Waals surface area contributed by atoms with Crippen LogP contribution in [0.3, 0.4) is 0 Å². The van der Waals surface area contributed by atoms with Crippen molar-refractivity contribution in [2.75, 3.05) is 6.54 Å². The van der Waals surface area contributed by atoms with Crippen LogP contribution in [0, 0.1) is 10.1 Å². The number of rotatable bonds is 4. The first kappa shape index (κ1) is 9.73. The summed E-state index contributed by atoms with van der Waals surface area (Å²) in [5, 5.41) is 19.3. The van der Waals surface area contributed by atoms with E-state index in [1.54, 1.807) is 12.1 Å². The van der Waals surface area contributed by atoms with E-state index < -0.39 is 17.6 Å². The number of furan rings is 1. The highest BCUT2D eigenvalue weighted by atomic mass is 16.6. The Morgan fingerprint density at radius 3 is 2.85 bits per heavy atom. The van der Waals surface area contributed by atoms with Crippen molar-refractivity contribution in [1.29, 1.82) is 0 Å². The fourth-order valence-corrected chi connectivity index (χ4v) is 0.995. The second kappa shape index (κ2) is 4.04. The Kier molecular flexibility index (Phi) is 3.02. The van der Waals surface area contributed by atoms with Gasteiger partial charge in [-0.25, -0.2) is 0 Å². The minimum absolute atomic E-state index is 0.258. The molecule has 0 spiro atoms. The predicted molar refractivity (Wildman–Crippen MR) is 44.9 cm³/mol. The van der Waals surface area contributed by atoms with Gasteiger partial charge in [0.05, 0.1) is 0 Å². The van der Waals surface area contributed by atoms with Gasteiger partial charge < -0.3 is 9.52 Å². The molecule has 1 heterocycles. The number of aliphatic hydroxyl groups excluding tert-OH is 1. The molecule has 0 amide bonds. The molecule has 1 rings (SSSR count). The second-order valence-corrected chi connectivity index (χ2v) is 2.69. The van der Waals surface area contributed by atoms with Crippen LogP contribution in [0.15, 0.2) is 16.5 Å². The summed E-state index contributed by atoms with van der Waals surface area (Å²) in [7, 11) is 0. The average molecular weight is 185 g/mol. The summed E-state index contributed by atoms with van der Waals surface area (Å²) in [6.45, 7) is 1.39. The lowest BCUT2D eigenvalue weighted by molar-refractivity contribution is -0.492. The summed E-state index contributed by atoms with van der Waals surface area (Å²) in [6, 6.07) is 3.27. The van der Waals surface area contributed by atoms with Crippen LogP contribution in [0.2, 0.25) is 0 Å². The van der Waals surface area contributed by atoms with Gasteiger partial charge >= 0.3 is 0 Å². The number of aryl methyl sites for hydroxylation is 1. The van der Waals surface area contributed by atoms with Gasteiger partial charge in [0.1, 0.15) is 11.5 Å². The van der Waals surface area contributed by atoms with Crippen molar-refractivity contribution in [3.05, 3.63) is 33.8 Å². The number of hydrogen-bond acceptors (Lipinski definition) is 4. The van der Waals surface area contributed by atoms with E-state index in [2.05, 4.69) is 0 Å². The van der Waals surface area contributed by atoms with E-state index in [1.807, 2.05) is 6.92 Å². The molecule has 0 aliphatic rings. The summed E-state index contributed by atoms with van der Waals surface area (Å²) in [6.07, 6.45) is -0.430. The highest BCUT2D eigenvalue weighted by molar-refractivity contribution is 5.09. The molecule has 1 aromatic rings. The number of hydrogen-bond donors (Lipinski definition) is 1. The van der Waals surface area contributed by atoms with Crippen molar-refractivity contribution < 1.29 is 14.4 Å². The third-order valence-corrected chi connectivity index (χ3v) is 1.68. The maximum Gasteiger partial charge on any atom is 0.236 e. The second-order valence-electron chi connectivity index (χ2n) is 2.69. The molecule has 0 aliphatic carbocycles. The zero-order valence-corrected chi connectivity index (χ0v) is 7.27. The van der Waals surface area contributed by atoms with Crippen molar-refractivity contribution in [2.45, 2.75) is 19.4 Å². The van der Waals surface area contributed by atoms with Crippen LogP contribution in [-0.4, -0.2) is 16.6 Å². The van der Waals surface area contributed by atoms with Gasteiger partial charge in [0.25, 0.3) is 0 Å². The molecule has 0 fully saturated rings. The first-order valence-corrected chi connectivity index (χ1v) is 4.02. The maximum absolute atomic E-state index is 10.1. The first-order valence-electron chi connectivity index (χ1n) is 4.02. The molecule has 1 unspecified atom stereocenters. The molecule has 13 heavy (non-hydrogen) atoms. The van der Waals surface area contributed by atoms with Crippen LogP contribution >= 0.6 is 0 Å². The molecule has 0 radical (unpaired) electrons. The monoisotopic (exact) mass is 185 g/mol. The van der Waals surface area contributed by atoms with E-state index in [0.29, 0.717) is 6.42 Å². The van der Waals surface area contributed by atoms with Gasteiger partial charge in [-0.15, -0.1) is 0 Å². The molecular weight excluding hydrogens is 174 g/mol. The Labute approximate surface area is 75.1 Å². The Morgan fingerprint density at radius 2 is 2.38 bits per heavy atom. The summed E-state index contributed by atoms with van der Waals surface area (Å²) in [4.78, 5) is 9.49. The van der Waals surface area contributed by atoms with Crippen LogP contribution in [0.4, 0.5) is 0 Å². The number of aliphatic hydroxyl groups is 1. The van der Waals surface area contributed by atoms with E-state index in [1.165, 1.54) is 0 Å². The largest absolute Gasteiger partial charge is 0.463 e. The molecule has 0 saturated carbocycles. The molecule has 1 aromatic heterocycles.